The third-order valence-electron chi connectivity index (χ3n) is 1.77. The van der Waals surface area contributed by atoms with E-state index in [2.05, 4.69) is 6.07 Å². The van der Waals surface area contributed by atoms with Gasteiger partial charge in [-0.2, -0.15) is 5.26 Å². The first kappa shape index (κ1) is 8.41. The Bertz CT molecular complexity index is 325. The quantitative estimate of drug-likeness (QED) is 0.612. The highest BCUT2D eigenvalue weighted by molar-refractivity contribution is 5.58. The summed E-state index contributed by atoms with van der Waals surface area (Å²) in [7, 11) is 0. The van der Waals surface area contributed by atoms with Crippen LogP contribution in [0.4, 0.5) is 11.4 Å². The lowest BCUT2D eigenvalue weighted by atomic mass is 10.0. The Balaban J connectivity index is 3.11. The fourth-order valence-corrected chi connectivity index (χ4v) is 1.06. The molecule has 0 amide bonds. The Morgan fingerprint density at radius 3 is 2.58 bits per heavy atom. The van der Waals surface area contributed by atoms with Crippen molar-refractivity contribution in [1.82, 2.24) is 0 Å². The molecule has 0 heterocycles. The molecule has 1 aromatic rings. The molecule has 12 heavy (non-hydrogen) atoms. The molecule has 0 radical (unpaired) electrons. The Morgan fingerprint density at radius 2 is 2.08 bits per heavy atom. The molecule has 0 saturated carbocycles. The van der Waals surface area contributed by atoms with Crippen molar-refractivity contribution in [2.24, 2.45) is 0 Å². The monoisotopic (exact) mass is 161 g/mol. The number of rotatable bonds is 1. The molecule has 1 aromatic carbocycles. The van der Waals surface area contributed by atoms with Gasteiger partial charge in [0.25, 0.3) is 0 Å². The standard InChI is InChI=1S/C9H11N3/c1-6(5-10)8-3-2-7(11)4-9(8)12/h2-4,6H,11-12H2,1H3. The molecule has 3 nitrogen and oxygen atoms in total. The van der Waals surface area contributed by atoms with Crippen molar-refractivity contribution in [3.63, 3.8) is 0 Å². The molecule has 0 spiro atoms. The Hall–Kier alpha value is -1.69. The summed E-state index contributed by atoms with van der Waals surface area (Å²) in [5.74, 6) is -0.175. The summed E-state index contributed by atoms with van der Waals surface area (Å²) in [4.78, 5) is 0. The van der Waals surface area contributed by atoms with E-state index in [0.717, 1.165) is 5.56 Å². The van der Waals surface area contributed by atoms with Crippen molar-refractivity contribution >= 4 is 11.4 Å². The van der Waals surface area contributed by atoms with E-state index in [1.807, 2.05) is 6.92 Å². The number of benzene rings is 1. The lowest BCUT2D eigenvalue weighted by Gasteiger charge is -2.06. The number of nitrogens with zero attached hydrogens (tertiary/aromatic N) is 1. The molecule has 0 aliphatic rings. The Morgan fingerprint density at radius 1 is 1.42 bits per heavy atom. The van der Waals surface area contributed by atoms with Crippen molar-refractivity contribution in [3.8, 4) is 6.07 Å². The van der Waals surface area contributed by atoms with Crippen molar-refractivity contribution in [3.05, 3.63) is 23.8 Å². The normalized spacial score (nSPS) is 12.0. The number of nitrogens with two attached hydrogens (primary N) is 2. The molecule has 0 aromatic heterocycles. The largest absolute Gasteiger partial charge is 0.399 e. The number of hydrogen-bond donors (Lipinski definition) is 2. The minimum atomic E-state index is -0.175. The smallest absolute Gasteiger partial charge is 0.0704 e. The fourth-order valence-electron chi connectivity index (χ4n) is 1.06. The van der Waals surface area contributed by atoms with E-state index in [4.69, 9.17) is 16.7 Å². The lowest BCUT2D eigenvalue weighted by molar-refractivity contribution is 0.986. The summed E-state index contributed by atoms with van der Waals surface area (Å²) < 4.78 is 0. The lowest BCUT2D eigenvalue weighted by Crippen LogP contribution is -1.98. The molecule has 4 N–H and O–H groups in total. The minimum absolute atomic E-state index is 0.175. The van der Waals surface area contributed by atoms with Gasteiger partial charge in [-0.3, -0.25) is 0 Å². The van der Waals surface area contributed by atoms with Gasteiger partial charge in [-0.05, 0) is 24.6 Å². The Labute approximate surface area is 71.6 Å². The van der Waals surface area contributed by atoms with Gasteiger partial charge < -0.3 is 11.5 Å². The van der Waals surface area contributed by atoms with Crippen LogP contribution in [-0.4, -0.2) is 0 Å². The van der Waals surface area contributed by atoms with E-state index in [-0.39, 0.29) is 5.92 Å². The molecule has 0 aliphatic heterocycles. The SMILES string of the molecule is CC(C#N)c1ccc(N)cc1N. The third kappa shape index (κ3) is 1.48. The molecular formula is C9H11N3. The van der Waals surface area contributed by atoms with Gasteiger partial charge in [-0.1, -0.05) is 6.07 Å². The second kappa shape index (κ2) is 3.14. The van der Waals surface area contributed by atoms with Gasteiger partial charge in [0.05, 0.1) is 12.0 Å². The van der Waals surface area contributed by atoms with Crippen LogP contribution in [0.3, 0.4) is 0 Å². The van der Waals surface area contributed by atoms with Gasteiger partial charge in [-0.25, -0.2) is 0 Å². The molecule has 1 unspecified atom stereocenters. The average Bonchev–Trinajstić information content (AvgIpc) is 2.03. The zero-order valence-electron chi connectivity index (χ0n) is 6.91. The van der Waals surface area contributed by atoms with Crippen LogP contribution in [0.2, 0.25) is 0 Å². The van der Waals surface area contributed by atoms with Crippen LogP contribution in [0, 0.1) is 11.3 Å². The van der Waals surface area contributed by atoms with E-state index in [9.17, 15) is 0 Å². The van der Waals surface area contributed by atoms with Crippen LogP contribution in [0.25, 0.3) is 0 Å². The van der Waals surface area contributed by atoms with Crippen LogP contribution in [0.5, 0.6) is 0 Å². The predicted octanol–water partition coefficient (Wildman–Crippen LogP) is 1.48. The summed E-state index contributed by atoms with van der Waals surface area (Å²) in [5, 5.41) is 8.65. The first-order valence-corrected chi connectivity index (χ1v) is 3.69. The van der Waals surface area contributed by atoms with Gasteiger partial charge in [0.1, 0.15) is 0 Å². The van der Waals surface area contributed by atoms with Crippen LogP contribution < -0.4 is 11.5 Å². The second-order valence-corrected chi connectivity index (χ2v) is 2.74. The van der Waals surface area contributed by atoms with Crippen LogP contribution in [0.15, 0.2) is 18.2 Å². The first-order chi connectivity index (χ1) is 5.65. The van der Waals surface area contributed by atoms with Gasteiger partial charge >= 0.3 is 0 Å². The molecule has 0 aliphatic carbocycles. The molecular weight excluding hydrogens is 150 g/mol. The number of nitrogen functional groups attached to an aromatic ring is 2. The maximum absolute atomic E-state index is 8.65. The Kier molecular flexibility index (Phi) is 2.20. The van der Waals surface area contributed by atoms with Gasteiger partial charge in [0.2, 0.25) is 0 Å². The van der Waals surface area contributed by atoms with Gasteiger partial charge in [0, 0.05) is 11.4 Å². The van der Waals surface area contributed by atoms with E-state index < -0.39 is 0 Å². The summed E-state index contributed by atoms with van der Waals surface area (Å²) in [6, 6.07) is 7.33. The van der Waals surface area contributed by atoms with Crippen molar-refractivity contribution in [2.75, 3.05) is 11.5 Å². The predicted molar refractivity (Wildman–Crippen MR) is 49.3 cm³/mol. The molecule has 62 valence electrons. The van der Waals surface area contributed by atoms with Crippen LogP contribution in [-0.2, 0) is 0 Å². The molecule has 1 rings (SSSR count). The molecule has 3 heteroatoms. The van der Waals surface area contributed by atoms with E-state index in [1.165, 1.54) is 0 Å². The van der Waals surface area contributed by atoms with Crippen molar-refractivity contribution < 1.29 is 0 Å². The van der Waals surface area contributed by atoms with Gasteiger partial charge in [0.15, 0.2) is 0 Å². The highest BCUT2D eigenvalue weighted by Gasteiger charge is 2.06. The van der Waals surface area contributed by atoms with Crippen molar-refractivity contribution in [2.45, 2.75) is 12.8 Å². The first-order valence-electron chi connectivity index (χ1n) is 3.69. The zero-order valence-corrected chi connectivity index (χ0v) is 6.91. The summed E-state index contributed by atoms with van der Waals surface area (Å²) >= 11 is 0. The minimum Gasteiger partial charge on any atom is -0.399 e. The maximum atomic E-state index is 8.65. The number of anilines is 2. The molecule has 1 atom stereocenters. The third-order valence-corrected chi connectivity index (χ3v) is 1.77. The summed E-state index contributed by atoms with van der Waals surface area (Å²) in [6.07, 6.45) is 0. The van der Waals surface area contributed by atoms with E-state index in [0.29, 0.717) is 11.4 Å². The highest BCUT2D eigenvalue weighted by Crippen LogP contribution is 2.23. The van der Waals surface area contributed by atoms with Crippen LogP contribution >= 0.6 is 0 Å². The number of hydrogen-bond acceptors (Lipinski definition) is 3. The molecule has 0 saturated heterocycles. The topological polar surface area (TPSA) is 75.8 Å². The molecule has 0 bridgehead atoms. The van der Waals surface area contributed by atoms with Gasteiger partial charge in [-0.15, -0.1) is 0 Å². The maximum Gasteiger partial charge on any atom is 0.0704 e. The van der Waals surface area contributed by atoms with Crippen molar-refractivity contribution in [1.29, 1.82) is 5.26 Å². The summed E-state index contributed by atoms with van der Waals surface area (Å²) in [5.41, 5.74) is 13.2. The van der Waals surface area contributed by atoms with E-state index >= 15 is 0 Å². The molecule has 0 fully saturated rings. The average molecular weight is 161 g/mol. The second-order valence-electron chi connectivity index (χ2n) is 2.74. The van der Waals surface area contributed by atoms with E-state index in [1.54, 1.807) is 18.2 Å². The summed E-state index contributed by atoms with van der Waals surface area (Å²) in [6.45, 7) is 1.81. The number of nitriles is 1. The highest BCUT2D eigenvalue weighted by atomic mass is 14.6. The fraction of sp³-hybridized carbons (Fsp3) is 0.222. The zero-order chi connectivity index (χ0) is 9.14. The van der Waals surface area contributed by atoms with Crippen LogP contribution in [0.1, 0.15) is 18.4 Å².